The van der Waals surface area contributed by atoms with E-state index >= 15 is 0 Å². The summed E-state index contributed by atoms with van der Waals surface area (Å²) in [5.74, 6) is 0. The molecule has 2 N–H and O–H groups in total. The fraction of sp³-hybridized carbons (Fsp3) is 0.182. The normalized spacial score (nSPS) is 10.3. The van der Waals surface area contributed by atoms with Gasteiger partial charge in [-0.15, -0.1) is 11.3 Å². The molecule has 4 heteroatoms. The Hall–Kier alpha value is -1.55. The molecule has 0 saturated heterocycles. The molecular formula is C11H13N3S. The van der Waals surface area contributed by atoms with Crippen LogP contribution in [0.2, 0.25) is 0 Å². The van der Waals surface area contributed by atoms with E-state index in [9.17, 15) is 0 Å². The number of rotatable bonds is 2. The van der Waals surface area contributed by atoms with Gasteiger partial charge in [0.25, 0.3) is 0 Å². The lowest BCUT2D eigenvalue weighted by Gasteiger charge is -2.15. The minimum Gasteiger partial charge on any atom is -0.399 e. The number of nitrogen functional groups attached to an aromatic ring is 1. The van der Waals surface area contributed by atoms with Crippen LogP contribution in [0.25, 0.3) is 0 Å². The Balaban J connectivity index is 2.28. The van der Waals surface area contributed by atoms with E-state index in [2.05, 4.69) is 9.88 Å². The van der Waals surface area contributed by atoms with E-state index in [1.54, 1.807) is 11.3 Å². The number of anilines is 3. The van der Waals surface area contributed by atoms with E-state index in [0.717, 1.165) is 22.2 Å². The minimum atomic E-state index is 0.780. The lowest BCUT2D eigenvalue weighted by molar-refractivity contribution is 1.14. The van der Waals surface area contributed by atoms with Gasteiger partial charge in [0, 0.05) is 23.8 Å². The number of aromatic nitrogens is 1. The Morgan fingerprint density at radius 3 is 2.47 bits per heavy atom. The zero-order valence-electron chi connectivity index (χ0n) is 8.77. The number of nitrogens with zero attached hydrogens (tertiary/aromatic N) is 2. The SMILES string of the molecule is Cc1csc(N(C)c2ccc(N)cc2)n1. The smallest absolute Gasteiger partial charge is 0.189 e. The first-order valence-electron chi connectivity index (χ1n) is 4.68. The summed E-state index contributed by atoms with van der Waals surface area (Å²) in [5.41, 5.74) is 8.57. The zero-order valence-corrected chi connectivity index (χ0v) is 9.58. The van der Waals surface area contributed by atoms with Gasteiger partial charge in [-0.2, -0.15) is 0 Å². The summed E-state index contributed by atoms with van der Waals surface area (Å²) >= 11 is 1.64. The van der Waals surface area contributed by atoms with Crippen LogP contribution in [0.1, 0.15) is 5.69 Å². The van der Waals surface area contributed by atoms with Crippen molar-refractivity contribution in [2.45, 2.75) is 6.92 Å². The number of aryl methyl sites for hydroxylation is 1. The largest absolute Gasteiger partial charge is 0.399 e. The van der Waals surface area contributed by atoms with Crippen molar-refractivity contribution in [2.75, 3.05) is 17.7 Å². The molecule has 3 nitrogen and oxygen atoms in total. The maximum absolute atomic E-state index is 5.64. The second-order valence-electron chi connectivity index (χ2n) is 3.42. The van der Waals surface area contributed by atoms with Gasteiger partial charge in [0.05, 0.1) is 5.69 Å². The number of nitrogens with two attached hydrogens (primary N) is 1. The van der Waals surface area contributed by atoms with E-state index in [1.807, 2.05) is 43.6 Å². The highest BCUT2D eigenvalue weighted by molar-refractivity contribution is 7.13. The molecule has 2 rings (SSSR count). The zero-order chi connectivity index (χ0) is 10.8. The van der Waals surface area contributed by atoms with Crippen molar-refractivity contribution in [3.05, 3.63) is 35.3 Å². The van der Waals surface area contributed by atoms with Crippen molar-refractivity contribution in [1.82, 2.24) is 4.98 Å². The first-order valence-corrected chi connectivity index (χ1v) is 5.56. The Morgan fingerprint density at radius 1 is 1.27 bits per heavy atom. The fourth-order valence-corrected chi connectivity index (χ4v) is 2.09. The van der Waals surface area contributed by atoms with Crippen molar-refractivity contribution >= 4 is 27.8 Å². The molecule has 0 unspecified atom stereocenters. The van der Waals surface area contributed by atoms with Crippen molar-refractivity contribution in [1.29, 1.82) is 0 Å². The Morgan fingerprint density at radius 2 is 1.93 bits per heavy atom. The monoisotopic (exact) mass is 219 g/mol. The summed E-state index contributed by atoms with van der Waals surface area (Å²) in [6, 6.07) is 7.77. The molecule has 1 aromatic heterocycles. The van der Waals surface area contributed by atoms with Crippen LogP contribution in [-0.2, 0) is 0 Å². The molecule has 0 atom stereocenters. The maximum atomic E-state index is 5.64. The summed E-state index contributed by atoms with van der Waals surface area (Å²) in [4.78, 5) is 6.48. The summed E-state index contributed by atoms with van der Waals surface area (Å²) in [5, 5.41) is 3.04. The van der Waals surface area contributed by atoms with E-state index in [1.165, 1.54) is 0 Å². The third-order valence-corrected chi connectivity index (χ3v) is 3.21. The van der Waals surface area contributed by atoms with Gasteiger partial charge in [-0.25, -0.2) is 4.98 Å². The molecular weight excluding hydrogens is 206 g/mol. The van der Waals surface area contributed by atoms with Crippen molar-refractivity contribution in [3.63, 3.8) is 0 Å². The Labute approximate surface area is 93.2 Å². The first-order chi connectivity index (χ1) is 7.16. The highest BCUT2D eigenvalue weighted by Crippen LogP contribution is 2.26. The lowest BCUT2D eigenvalue weighted by Crippen LogP contribution is -2.08. The van der Waals surface area contributed by atoms with Gasteiger partial charge in [-0.05, 0) is 31.2 Å². The number of hydrogen-bond acceptors (Lipinski definition) is 4. The lowest BCUT2D eigenvalue weighted by atomic mass is 10.3. The molecule has 0 fully saturated rings. The third kappa shape index (κ3) is 2.10. The van der Waals surface area contributed by atoms with E-state index in [0.29, 0.717) is 0 Å². The summed E-state index contributed by atoms with van der Waals surface area (Å²) < 4.78 is 0. The van der Waals surface area contributed by atoms with Gasteiger partial charge in [0.2, 0.25) is 0 Å². The third-order valence-electron chi connectivity index (χ3n) is 2.17. The molecule has 0 radical (unpaired) electrons. The van der Waals surface area contributed by atoms with Crippen LogP contribution >= 0.6 is 11.3 Å². The molecule has 0 amide bonds. The average Bonchev–Trinajstić information content (AvgIpc) is 2.65. The fourth-order valence-electron chi connectivity index (χ4n) is 1.30. The molecule has 78 valence electrons. The topological polar surface area (TPSA) is 42.1 Å². The predicted molar refractivity (Wildman–Crippen MR) is 65.8 cm³/mol. The molecule has 1 aromatic carbocycles. The molecule has 0 aliphatic heterocycles. The maximum Gasteiger partial charge on any atom is 0.189 e. The van der Waals surface area contributed by atoms with Gasteiger partial charge >= 0.3 is 0 Å². The van der Waals surface area contributed by atoms with Gasteiger partial charge in [0.15, 0.2) is 5.13 Å². The van der Waals surface area contributed by atoms with Crippen LogP contribution in [-0.4, -0.2) is 12.0 Å². The van der Waals surface area contributed by atoms with Gasteiger partial charge in [-0.3, -0.25) is 0 Å². The number of hydrogen-bond donors (Lipinski definition) is 1. The predicted octanol–water partition coefficient (Wildman–Crippen LogP) is 2.80. The van der Waals surface area contributed by atoms with E-state index < -0.39 is 0 Å². The highest BCUT2D eigenvalue weighted by atomic mass is 32.1. The van der Waals surface area contributed by atoms with Crippen LogP contribution in [0.5, 0.6) is 0 Å². The van der Waals surface area contributed by atoms with Crippen molar-refractivity contribution in [3.8, 4) is 0 Å². The molecule has 0 spiro atoms. The van der Waals surface area contributed by atoms with Gasteiger partial charge in [0.1, 0.15) is 0 Å². The molecule has 15 heavy (non-hydrogen) atoms. The van der Waals surface area contributed by atoms with Crippen molar-refractivity contribution in [2.24, 2.45) is 0 Å². The summed E-state index contributed by atoms with van der Waals surface area (Å²) in [6.45, 7) is 2.00. The Kier molecular flexibility index (Phi) is 2.60. The second-order valence-corrected chi connectivity index (χ2v) is 4.26. The van der Waals surface area contributed by atoms with Crippen LogP contribution in [0.15, 0.2) is 29.6 Å². The first kappa shape index (κ1) is 9.98. The van der Waals surface area contributed by atoms with Crippen LogP contribution in [0.3, 0.4) is 0 Å². The molecule has 2 aromatic rings. The minimum absolute atomic E-state index is 0.780. The molecule has 0 bridgehead atoms. The van der Waals surface area contributed by atoms with Crippen LogP contribution in [0.4, 0.5) is 16.5 Å². The van der Waals surface area contributed by atoms with Crippen LogP contribution in [0, 0.1) is 6.92 Å². The summed E-state index contributed by atoms with van der Waals surface area (Å²) in [6.07, 6.45) is 0. The molecule has 1 heterocycles. The average molecular weight is 219 g/mol. The second kappa shape index (κ2) is 3.90. The Bertz CT molecular complexity index is 447. The standard InChI is InChI=1S/C11H13N3S/c1-8-7-15-11(13-8)14(2)10-5-3-9(12)4-6-10/h3-7H,12H2,1-2H3. The molecule has 0 aliphatic carbocycles. The van der Waals surface area contributed by atoms with Gasteiger partial charge < -0.3 is 10.6 Å². The van der Waals surface area contributed by atoms with Crippen LogP contribution < -0.4 is 10.6 Å². The quantitative estimate of drug-likeness (QED) is 0.790. The highest BCUT2D eigenvalue weighted by Gasteiger charge is 2.06. The van der Waals surface area contributed by atoms with E-state index in [-0.39, 0.29) is 0 Å². The van der Waals surface area contributed by atoms with Crippen molar-refractivity contribution < 1.29 is 0 Å². The summed E-state index contributed by atoms with van der Waals surface area (Å²) in [7, 11) is 2.00. The molecule has 0 saturated carbocycles. The van der Waals surface area contributed by atoms with Gasteiger partial charge in [-0.1, -0.05) is 0 Å². The molecule has 0 aliphatic rings. The number of thiazole rings is 1. The number of benzene rings is 1. The van der Waals surface area contributed by atoms with E-state index in [4.69, 9.17) is 5.73 Å².